The number of hydrogen-bond donors (Lipinski definition) is 1. The molecule has 49 heavy (non-hydrogen) atoms. The topological polar surface area (TPSA) is 107 Å². The van der Waals surface area contributed by atoms with E-state index in [0.717, 1.165) is 82.2 Å². The lowest BCUT2D eigenvalue weighted by Crippen LogP contribution is -2.50. The van der Waals surface area contributed by atoms with Gasteiger partial charge in [0.25, 0.3) is 15.9 Å². The van der Waals surface area contributed by atoms with Crippen molar-refractivity contribution in [2.75, 3.05) is 70.7 Å². The first-order valence-electron chi connectivity index (χ1n) is 17.6. The van der Waals surface area contributed by atoms with Crippen LogP contribution in [0.15, 0.2) is 53.4 Å². The summed E-state index contributed by atoms with van der Waals surface area (Å²) in [4.78, 5) is 18.0. The van der Waals surface area contributed by atoms with Gasteiger partial charge in [-0.2, -0.15) is 0 Å². The quantitative estimate of drug-likeness (QED) is 0.451. The van der Waals surface area contributed by atoms with Crippen LogP contribution in [0.5, 0.6) is 5.75 Å². The number of carbonyl (C=O) groups excluding carboxylic acids is 1. The molecule has 2 fully saturated rings. The Morgan fingerprint density at radius 2 is 1.94 bits per heavy atom. The summed E-state index contributed by atoms with van der Waals surface area (Å²) in [5, 5.41) is 0.731. The van der Waals surface area contributed by atoms with E-state index in [-0.39, 0.29) is 28.9 Å². The lowest BCUT2D eigenvalue weighted by atomic mass is 9.68. The van der Waals surface area contributed by atoms with Crippen LogP contribution in [-0.4, -0.2) is 96.7 Å². The summed E-state index contributed by atoms with van der Waals surface area (Å²) in [5.41, 5.74) is 1.55. The van der Waals surface area contributed by atoms with Gasteiger partial charge >= 0.3 is 0 Å². The summed E-state index contributed by atoms with van der Waals surface area (Å²) in [7, 11) is -4.19. The molecule has 0 unspecified atom stereocenters. The molecule has 2 bridgehead atoms. The molecule has 3 aliphatic heterocycles. The highest BCUT2D eigenvalue weighted by Gasteiger charge is 2.45. The molecule has 5 aliphatic rings. The van der Waals surface area contributed by atoms with Gasteiger partial charge in [-0.05, 0) is 99.2 Å². The largest absolute Gasteiger partial charge is 0.490 e. The van der Waals surface area contributed by atoms with Crippen LogP contribution in [0.3, 0.4) is 0 Å². The normalized spacial score (nSPS) is 30.6. The molecule has 1 spiro atoms. The Labute approximate surface area is 295 Å². The van der Waals surface area contributed by atoms with Crippen LogP contribution in [0, 0.1) is 11.8 Å². The van der Waals surface area contributed by atoms with Gasteiger partial charge in [0, 0.05) is 43.2 Å². The first-order chi connectivity index (χ1) is 23.5. The van der Waals surface area contributed by atoms with Crippen molar-refractivity contribution in [2.24, 2.45) is 11.8 Å². The maximum absolute atomic E-state index is 13.6. The second-order valence-electron chi connectivity index (χ2n) is 14.7. The summed E-state index contributed by atoms with van der Waals surface area (Å²) in [6, 6.07) is 11.1. The van der Waals surface area contributed by atoms with E-state index >= 15 is 0 Å². The number of benzene rings is 2. The molecule has 266 valence electrons. The fourth-order valence-corrected chi connectivity index (χ4v) is 9.39. The first kappa shape index (κ1) is 34.8. The van der Waals surface area contributed by atoms with E-state index in [0.29, 0.717) is 31.4 Å². The molecule has 1 saturated heterocycles. The number of nitrogens with one attached hydrogen (secondary N) is 1. The van der Waals surface area contributed by atoms with E-state index in [1.54, 1.807) is 26.0 Å². The number of hydrogen-bond acceptors (Lipinski definition) is 9. The maximum Gasteiger partial charge on any atom is 0.265 e. The lowest BCUT2D eigenvalue weighted by Gasteiger charge is -2.46. The van der Waals surface area contributed by atoms with Crippen LogP contribution in [0.1, 0.15) is 50.7 Å². The molecule has 10 nitrogen and oxygen atoms in total. The number of anilines is 1. The molecule has 2 aromatic carbocycles. The van der Waals surface area contributed by atoms with Crippen molar-refractivity contribution < 1.29 is 32.2 Å². The van der Waals surface area contributed by atoms with Gasteiger partial charge in [-0.1, -0.05) is 29.8 Å². The maximum atomic E-state index is 13.6. The predicted molar refractivity (Wildman–Crippen MR) is 188 cm³/mol. The van der Waals surface area contributed by atoms with Gasteiger partial charge in [0.05, 0.1) is 49.7 Å². The van der Waals surface area contributed by atoms with Gasteiger partial charge in [0.2, 0.25) is 0 Å². The van der Waals surface area contributed by atoms with Crippen LogP contribution in [0.2, 0.25) is 5.02 Å². The van der Waals surface area contributed by atoms with Crippen LogP contribution in [0.4, 0.5) is 5.69 Å². The van der Waals surface area contributed by atoms with Gasteiger partial charge in [0.1, 0.15) is 11.4 Å². The Kier molecular flexibility index (Phi) is 10.0. The number of carbonyl (C=O) groups is 1. The number of sulfonamides is 1. The number of morpholine rings is 1. The van der Waals surface area contributed by atoms with Crippen molar-refractivity contribution in [1.82, 2.24) is 9.62 Å². The zero-order valence-electron chi connectivity index (χ0n) is 28.5. The number of ether oxygens (including phenoxy) is 4. The first-order valence-corrected chi connectivity index (χ1v) is 19.5. The molecule has 1 amide bonds. The fourth-order valence-electron chi connectivity index (χ4n) is 8.08. The predicted octanol–water partition coefficient (Wildman–Crippen LogP) is 4.73. The van der Waals surface area contributed by atoms with Crippen LogP contribution >= 0.6 is 11.6 Å². The SMILES string of the molecule is CC1(C)OC/C=C/[C@@H](OCCN2CCOCC2)[C@@H]2CC[C@H]2CN2C[C@@]3(CCCc4cc(Cl)ccc43)COc3ccc(cc32)S(=O)(=O)NC1=O. The third-order valence-electron chi connectivity index (χ3n) is 11.1. The lowest BCUT2D eigenvalue weighted by molar-refractivity contribution is -0.139. The Balaban J connectivity index is 1.24. The monoisotopic (exact) mass is 713 g/mol. The second-order valence-corrected chi connectivity index (χ2v) is 16.8. The Bertz CT molecular complexity index is 1680. The number of halogens is 1. The number of amides is 1. The van der Waals surface area contributed by atoms with Crippen molar-refractivity contribution >= 4 is 33.2 Å². The summed E-state index contributed by atoms with van der Waals surface area (Å²) >= 11 is 6.45. The minimum absolute atomic E-state index is 0.0113. The standard InChI is InChI=1S/C37H48ClN3O7S/c1-36(2)35(42)39-49(43,44)29-9-12-34-32(22-29)41(24-37(25-47-34)13-3-5-26-21-28(38)8-11-31(26)37)23-27-7-10-30(27)33(6-4-17-48-36)46-20-16-40-14-18-45-19-15-40/h4,6,8-9,11-12,21-22,27,30,33H,3,5,7,10,13-20,23-25H2,1-2H3,(H,39,42)/b6-4+/t27-,30+,33+,37-/m0/s1. The summed E-state index contributed by atoms with van der Waals surface area (Å²) in [6.07, 6.45) is 8.88. The third-order valence-corrected chi connectivity index (χ3v) is 12.7. The van der Waals surface area contributed by atoms with Gasteiger partial charge in [-0.25, -0.2) is 13.1 Å². The van der Waals surface area contributed by atoms with Gasteiger partial charge in [-0.15, -0.1) is 0 Å². The molecule has 1 N–H and O–H groups in total. The van der Waals surface area contributed by atoms with Crippen molar-refractivity contribution in [1.29, 1.82) is 0 Å². The van der Waals surface area contributed by atoms with Crippen LogP contribution < -0.4 is 14.4 Å². The fraction of sp³-hybridized carbons (Fsp3) is 0.595. The van der Waals surface area contributed by atoms with Gasteiger partial charge in [-0.3, -0.25) is 9.69 Å². The summed E-state index contributed by atoms with van der Waals surface area (Å²) < 4.78 is 54.2. The minimum atomic E-state index is -4.19. The molecule has 3 heterocycles. The average molecular weight is 714 g/mol. The van der Waals surface area contributed by atoms with Crippen LogP contribution in [0.25, 0.3) is 0 Å². The molecule has 2 aliphatic carbocycles. The van der Waals surface area contributed by atoms with E-state index in [2.05, 4.69) is 32.7 Å². The molecule has 4 atom stereocenters. The van der Waals surface area contributed by atoms with Gasteiger partial charge in [0.15, 0.2) is 0 Å². The molecule has 0 radical (unpaired) electrons. The Hall–Kier alpha value is -2.67. The summed E-state index contributed by atoms with van der Waals surface area (Å²) in [5.74, 6) is 0.504. The number of fused-ring (bicyclic) bond motifs is 4. The van der Waals surface area contributed by atoms with E-state index in [1.807, 2.05) is 12.1 Å². The third kappa shape index (κ3) is 7.39. The average Bonchev–Trinajstić information content (AvgIpc) is 3.21. The van der Waals surface area contributed by atoms with Crippen molar-refractivity contribution in [3.8, 4) is 5.75 Å². The smallest absolute Gasteiger partial charge is 0.265 e. The number of aryl methyl sites for hydroxylation is 1. The minimum Gasteiger partial charge on any atom is -0.490 e. The molecule has 7 rings (SSSR count). The van der Waals surface area contributed by atoms with E-state index in [1.165, 1.54) is 17.2 Å². The molecular formula is C37H48ClN3O7S. The zero-order valence-corrected chi connectivity index (χ0v) is 30.1. The van der Waals surface area contributed by atoms with E-state index in [9.17, 15) is 13.2 Å². The second kappa shape index (κ2) is 14.2. The highest BCUT2D eigenvalue weighted by Crippen LogP contribution is 2.47. The number of rotatable bonds is 4. The Morgan fingerprint density at radius 1 is 1.10 bits per heavy atom. The van der Waals surface area contributed by atoms with E-state index in [4.69, 9.17) is 30.5 Å². The van der Waals surface area contributed by atoms with E-state index < -0.39 is 21.5 Å². The summed E-state index contributed by atoms with van der Waals surface area (Å²) in [6.45, 7) is 9.94. The van der Waals surface area contributed by atoms with Gasteiger partial charge < -0.3 is 23.8 Å². The molecule has 0 aromatic heterocycles. The van der Waals surface area contributed by atoms with Crippen molar-refractivity contribution in [3.05, 3.63) is 64.7 Å². The van der Waals surface area contributed by atoms with Crippen molar-refractivity contribution in [3.63, 3.8) is 0 Å². The molecule has 1 saturated carbocycles. The Morgan fingerprint density at radius 3 is 2.73 bits per heavy atom. The molecule has 2 aromatic rings. The zero-order chi connectivity index (χ0) is 34.2. The number of nitrogens with zero attached hydrogens (tertiary/aromatic N) is 2. The molecular weight excluding hydrogens is 666 g/mol. The van der Waals surface area contributed by atoms with Crippen molar-refractivity contribution in [2.45, 2.75) is 68.0 Å². The highest BCUT2D eigenvalue weighted by atomic mass is 35.5. The highest BCUT2D eigenvalue weighted by molar-refractivity contribution is 7.90. The van der Waals surface area contributed by atoms with Crippen LogP contribution in [-0.2, 0) is 40.9 Å². The molecule has 12 heteroatoms.